The molecule has 3 rings (SSSR count). The lowest BCUT2D eigenvalue weighted by molar-refractivity contribution is -0.122. The minimum atomic E-state index is -0.663. The molecule has 0 spiro atoms. The first kappa shape index (κ1) is 16.6. The Bertz CT molecular complexity index is 877. The highest BCUT2D eigenvalue weighted by molar-refractivity contribution is 5.93. The molecule has 128 valence electrons. The van der Waals surface area contributed by atoms with Crippen molar-refractivity contribution in [2.75, 3.05) is 5.32 Å². The van der Waals surface area contributed by atoms with E-state index in [-0.39, 0.29) is 5.91 Å². The lowest BCUT2D eigenvalue weighted by atomic mass is 10.1. The van der Waals surface area contributed by atoms with E-state index in [1.807, 2.05) is 32.0 Å². The maximum Gasteiger partial charge on any atom is 0.266 e. The van der Waals surface area contributed by atoms with E-state index in [0.717, 1.165) is 11.1 Å². The average Bonchev–Trinajstić information content (AvgIpc) is 3.13. The zero-order chi connectivity index (χ0) is 17.8. The third kappa shape index (κ3) is 4.00. The number of aryl methyl sites for hydroxylation is 2. The van der Waals surface area contributed by atoms with Gasteiger partial charge in [-0.3, -0.25) is 4.79 Å². The minimum Gasteiger partial charge on any atom is -0.481 e. The number of benzene rings is 1. The fourth-order valence-corrected chi connectivity index (χ4v) is 2.25. The zero-order valence-electron chi connectivity index (χ0n) is 14.3. The number of rotatable bonds is 5. The number of anilines is 1. The van der Waals surface area contributed by atoms with Crippen molar-refractivity contribution in [2.24, 2.45) is 0 Å². The Hall–Kier alpha value is -3.22. The van der Waals surface area contributed by atoms with Crippen LogP contribution in [0.15, 0.2) is 49.1 Å². The van der Waals surface area contributed by atoms with Gasteiger partial charge in [0.1, 0.15) is 17.9 Å². The van der Waals surface area contributed by atoms with Crippen molar-refractivity contribution in [3.63, 3.8) is 0 Å². The summed E-state index contributed by atoms with van der Waals surface area (Å²) >= 11 is 0. The molecule has 1 N–H and O–H groups in total. The summed E-state index contributed by atoms with van der Waals surface area (Å²) in [5.41, 5.74) is 2.06. The van der Waals surface area contributed by atoms with E-state index in [2.05, 4.69) is 20.4 Å². The van der Waals surface area contributed by atoms with Crippen LogP contribution in [0.2, 0.25) is 0 Å². The van der Waals surface area contributed by atoms with Crippen molar-refractivity contribution in [1.82, 2.24) is 19.7 Å². The van der Waals surface area contributed by atoms with Gasteiger partial charge in [-0.2, -0.15) is 5.10 Å². The maximum absolute atomic E-state index is 12.4. The molecule has 7 heteroatoms. The van der Waals surface area contributed by atoms with Crippen LogP contribution in [0.1, 0.15) is 18.1 Å². The Morgan fingerprint density at radius 1 is 1.24 bits per heavy atom. The van der Waals surface area contributed by atoms with Crippen LogP contribution < -0.4 is 10.1 Å². The van der Waals surface area contributed by atoms with E-state index in [1.165, 1.54) is 6.33 Å². The molecule has 2 aromatic heterocycles. The van der Waals surface area contributed by atoms with E-state index in [4.69, 9.17) is 4.74 Å². The van der Waals surface area contributed by atoms with E-state index in [0.29, 0.717) is 17.4 Å². The summed E-state index contributed by atoms with van der Waals surface area (Å²) in [7, 11) is 0. The number of aromatic nitrogens is 4. The predicted octanol–water partition coefficient (Wildman–Crippen LogP) is 2.69. The van der Waals surface area contributed by atoms with E-state index in [9.17, 15) is 4.79 Å². The number of amides is 1. The highest BCUT2D eigenvalue weighted by Gasteiger charge is 2.17. The molecule has 0 aliphatic rings. The van der Waals surface area contributed by atoms with Gasteiger partial charge >= 0.3 is 0 Å². The van der Waals surface area contributed by atoms with Gasteiger partial charge in [0.05, 0.1) is 0 Å². The van der Waals surface area contributed by atoms with Gasteiger partial charge in [-0.15, -0.1) is 0 Å². The Kier molecular flexibility index (Phi) is 4.74. The van der Waals surface area contributed by atoms with E-state index in [1.54, 1.807) is 36.1 Å². The van der Waals surface area contributed by atoms with Crippen molar-refractivity contribution >= 4 is 11.7 Å². The number of carbonyl (C=O) groups is 1. The van der Waals surface area contributed by atoms with Gasteiger partial charge in [0.15, 0.2) is 11.9 Å². The summed E-state index contributed by atoms with van der Waals surface area (Å²) in [6, 6.07) is 9.33. The molecule has 3 aromatic rings. The third-order valence-corrected chi connectivity index (χ3v) is 3.66. The number of ether oxygens (including phenoxy) is 1. The first-order chi connectivity index (χ1) is 12.0. The molecule has 25 heavy (non-hydrogen) atoms. The van der Waals surface area contributed by atoms with Gasteiger partial charge < -0.3 is 10.1 Å². The second-order valence-electron chi connectivity index (χ2n) is 5.73. The summed E-state index contributed by atoms with van der Waals surface area (Å²) < 4.78 is 7.38. The van der Waals surface area contributed by atoms with Gasteiger partial charge in [-0.05, 0) is 44.0 Å². The van der Waals surface area contributed by atoms with Crippen LogP contribution in [0.4, 0.5) is 5.82 Å². The highest BCUT2D eigenvalue weighted by Crippen LogP contribution is 2.20. The van der Waals surface area contributed by atoms with Gasteiger partial charge in [0.2, 0.25) is 0 Å². The van der Waals surface area contributed by atoms with Crippen LogP contribution in [0.3, 0.4) is 0 Å². The van der Waals surface area contributed by atoms with Gasteiger partial charge in [0.25, 0.3) is 5.91 Å². The van der Waals surface area contributed by atoms with Crippen molar-refractivity contribution in [2.45, 2.75) is 26.9 Å². The Labute approximate surface area is 145 Å². The summed E-state index contributed by atoms with van der Waals surface area (Å²) in [6.45, 7) is 5.63. The van der Waals surface area contributed by atoms with Crippen LogP contribution in [-0.2, 0) is 4.79 Å². The highest BCUT2D eigenvalue weighted by atomic mass is 16.5. The molecule has 0 radical (unpaired) electrons. The Morgan fingerprint density at radius 2 is 2.08 bits per heavy atom. The lowest BCUT2D eigenvalue weighted by Gasteiger charge is -2.16. The Balaban J connectivity index is 1.69. The smallest absolute Gasteiger partial charge is 0.266 e. The predicted molar refractivity (Wildman–Crippen MR) is 93.8 cm³/mol. The summed E-state index contributed by atoms with van der Waals surface area (Å²) in [6.07, 6.45) is 4.13. The standard InChI is InChI=1S/C18H19N5O2/c1-12-5-6-13(2)15(9-12)25-14(3)18(24)22-16-10-17(20-11-19-16)23-8-4-7-21-23/h4-11,14H,1-3H3,(H,19,20,22,24). The monoisotopic (exact) mass is 337 g/mol. The molecule has 7 nitrogen and oxygen atoms in total. The third-order valence-electron chi connectivity index (χ3n) is 3.66. The lowest BCUT2D eigenvalue weighted by Crippen LogP contribution is -2.30. The number of nitrogens with zero attached hydrogens (tertiary/aromatic N) is 4. The SMILES string of the molecule is Cc1ccc(C)c(OC(C)C(=O)Nc2cc(-n3cccn3)ncn2)c1. The molecule has 1 unspecified atom stereocenters. The molecule has 0 bridgehead atoms. The van der Waals surface area contributed by atoms with E-state index < -0.39 is 6.10 Å². The first-order valence-corrected chi connectivity index (χ1v) is 7.90. The summed E-state index contributed by atoms with van der Waals surface area (Å²) in [4.78, 5) is 20.6. The molecule has 1 atom stereocenters. The van der Waals surface area contributed by atoms with E-state index >= 15 is 0 Å². The Morgan fingerprint density at radius 3 is 2.84 bits per heavy atom. The fourth-order valence-electron chi connectivity index (χ4n) is 2.25. The zero-order valence-corrected chi connectivity index (χ0v) is 14.3. The van der Waals surface area contributed by atoms with Gasteiger partial charge in [0, 0.05) is 18.5 Å². The molecule has 0 saturated carbocycles. The molecule has 0 aliphatic heterocycles. The van der Waals surface area contributed by atoms with Gasteiger partial charge in [-0.25, -0.2) is 14.6 Å². The molecule has 0 fully saturated rings. The second kappa shape index (κ2) is 7.12. The number of hydrogen-bond donors (Lipinski definition) is 1. The van der Waals surface area contributed by atoms with Crippen LogP contribution in [0, 0.1) is 13.8 Å². The second-order valence-corrected chi connectivity index (χ2v) is 5.73. The largest absolute Gasteiger partial charge is 0.481 e. The quantitative estimate of drug-likeness (QED) is 0.774. The molecule has 1 amide bonds. The molecule has 0 saturated heterocycles. The number of hydrogen-bond acceptors (Lipinski definition) is 5. The molecular weight excluding hydrogens is 318 g/mol. The molecule has 0 aliphatic carbocycles. The minimum absolute atomic E-state index is 0.286. The average molecular weight is 337 g/mol. The fraction of sp³-hybridized carbons (Fsp3) is 0.222. The molecular formula is C18H19N5O2. The first-order valence-electron chi connectivity index (χ1n) is 7.90. The number of carbonyl (C=O) groups excluding carboxylic acids is 1. The summed E-state index contributed by atoms with van der Waals surface area (Å²) in [5.74, 6) is 1.37. The molecule has 2 heterocycles. The molecule has 1 aromatic carbocycles. The van der Waals surface area contributed by atoms with Crippen LogP contribution >= 0.6 is 0 Å². The van der Waals surface area contributed by atoms with Crippen molar-refractivity contribution in [3.8, 4) is 11.6 Å². The van der Waals surface area contributed by atoms with Crippen molar-refractivity contribution < 1.29 is 9.53 Å². The van der Waals surface area contributed by atoms with Crippen LogP contribution in [-0.4, -0.2) is 31.8 Å². The normalized spacial score (nSPS) is 11.8. The van der Waals surface area contributed by atoms with Crippen molar-refractivity contribution in [3.05, 3.63) is 60.2 Å². The topological polar surface area (TPSA) is 81.9 Å². The van der Waals surface area contributed by atoms with Crippen LogP contribution in [0.25, 0.3) is 5.82 Å². The van der Waals surface area contributed by atoms with Crippen molar-refractivity contribution in [1.29, 1.82) is 0 Å². The maximum atomic E-state index is 12.4. The van der Waals surface area contributed by atoms with Crippen LogP contribution in [0.5, 0.6) is 5.75 Å². The summed E-state index contributed by atoms with van der Waals surface area (Å²) in [5, 5.41) is 6.85. The van der Waals surface area contributed by atoms with Gasteiger partial charge in [-0.1, -0.05) is 12.1 Å². The number of nitrogens with one attached hydrogen (secondary N) is 1.